The van der Waals surface area contributed by atoms with Crippen LogP contribution in [0, 0.1) is 0 Å². The first kappa shape index (κ1) is 12.1. The van der Waals surface area contributed by atoms with Crippen molar-refractivity contribution in [1.82, 2.24) is 4.98 Å². The van der Waals surface area contributed by atoms with Gasteiger partial charge in [-0.1, -0.05) is 44.9 Å². The van der Waals surface area contributed by atoms with Crippen molar-refractivity contribution < 1.29 is 0 Å². The van der Waals surface area contributed by atoms with Gasteiger partial charge in [0.1, 0.15) is 0 Å². The molecule has 0 aliphatic heterocycles. The van der Waals surface area contributed by atoms with Crippen molar-refractivity contribution in [2.45, 2.75) is 46.0 Å². The number of aryl methyl sites for hydroxylation is 2. The molecule has 90 valence electrons. The van der Waals surface area contributed by atoms with Gasteiger partial charge < -0.3 is 0 Å². The molecule has 0 spiro atoms. The molecule has 0 fully saturated rings. The van der Waals surface area contributed by atoms with E-state index in [0.717, 1.165) is 18.4 Å². The Kier molecular flexibility index (Phi) is 4.13. The first-order chi connectivity index (χ1) is 8.35. The first-order valence-electron chi connectivity index (χ1n) is 6.72. The summed E-state index contributed by atoms with van der Waals surface area (Å²) in [6, 6.07) is 10.8. The van der Waals surface area contributed by atoms with E-state index in [4.69, 9.17) is 4.98 Å². The third kappa shape index (κ3) is 2.85. The van der Waals surface area contributed by atoms with Crippen LogP contribution in [-0.4, -0.2) is 4.98 Å². The van der Waals surface area contributed by atoms with Crippen LogP contribution in [-0.2, 0) is 12.8 Å². The van der Waals surface area contributed by atoms with Crippen molar-refractivity contribution in [2.24, 2.45) is 0 Å². The second-order valence-electron chi connectivity index (χ2n) is 4.60. The number of aromatic nitrogens is 1. The minimum atomic E-state index is 1.09. The maximum Gasteiger partial charge on any atom is 0.0708 e. The molecule has 0 aliphatic carbocycles. The van der Waals surface area contributed by atoms with E-state index in [1.165, 1.54) is 35.9 Å². The van der Waals surface area contributed by atoms with Crippen LogP contribution in [0.15, 0.2) is 30.3 Å². The predicted octanol–water partition coefficient (Wildman–Crippen LogP) is 4.53. The van der Waals surface area contributed by atoms with E-state index in [2.05, 4.69) is 44.2 Å². The van der Waals surface area contributed by atoms with Gasteiger partial charge in [-0.05, 0) is 37.0 Å². The van der Waals surface area contributed by atoms with Gasteiger partial charge in [-0.25, -0.2) is 0 Å². The van der Waals surface area contributed by atoms with E-state index in [1.807, 2.05) is 0 Å². The molecule has 0 radical (unpaired) electrons. The average Bonchev–Trinajstić information content (AvgIpc) is 2.38. The number of unbranched alkanes of at least 4 members (excludes halogenated alkanes) is 2. The lowest BCUT2D eigenvalue weighted by Gasteiger charge is -2.07. The predicted molar refractivity (Wildman–Crippen MR) is 74.4 cm³/mol. The van der Waals surface area contributed by atoms with Gasteiger partial charge in [-0.15, -0.1) is 0 Å². The van der Waals surface area contributed by atoms with Crippen LogP contribution in [0.1, 0.15) is 44.4 Å². The lowest BCUT2D eigenvalue weighted by atomic mass is 10.0. The van der Waals surface area contributed by atoms with E-state index in [9.17, 15) is 0 Å². The van der Waals surface area contributed by atoms with Crippen LogP contribution in [0.4, 0.5) is 0 Å². The zero-order valence-electron chi connectivity index (χ0n) is 10.9. The monoisotopic (exact) mass is 227 g/mol. The average molecular weight is 227 g/mol. The summed E-state index contributed by atoms with van der Waals surface area (Å²) in [5, 5.41) is 1.31. The summed E-state index contributed by atoms with van der Waals surface area (Å²) in [5.74, 6) is 0. The topological polar surface area (TPSA) is 12.9 Å². The highest BCUT2D eigenvalue weighted by Crippen LogP contribution is 2.19. The van der Waals surface area contributed by atoms with Gasteiger partial charge in [0.15, 0.2) is 0 Å². The standard InChI is InChI=1S/C16H21N/c1-3-5-6-9-14-12-13(4-2)15-10-7-8-11-16(15)17-14/h7-8,10-12H,3-6,9H2,1-2H3. The highest BCUT2D eigenvalue weighted by Gasteiger charge is 2.03. The van der Waals surface area contributed by atoms with E-state index in [-0.39, 0.29) is 0 Å². The van der Waals surface area contributed by atoms with Gasteiger partial charge >= 0.3 is 0 Å². The molecule has 1 heteroatoms. The Hall–Kier alpha value is -1.37. The zero-order valence-corrected chi connectivity index (χ0v) is 10.9. The molecule has 0 N–H and O–H groups in total. The van der Waals surface area contributed by atoms with Gasteiger partial charge in [0.25, 0.3) is 0 Å². The third-order valence-electron chi connectivity index (χ3n) is 3.27. The summed E-state index contributed by atoms with van der Waals surface area (Å²) in [5.41, 5.74) is 3.84. The molecule has 1 nitrogen and oxygen atoms in total. The molecule has 0 unspecified atom stereocenters. The number of para-hydroxylation sites is 1. The molecular formula is C16H21N. The summed E-state index contributed by atoms with van der Waals surface area (Å²) in [6.45, 7) is 4.46. The molecule has 0 saturated heterocycles. The van der Waals surface area contributed by atoms with Crippen molar-refractivity contribution >= 4 is 10.9 Å². The van der Waals surface area contributed by atoms with Gasteiger partial charge in [0, 0.05) is 11.1 Å². The van der Waals surface area contributed by atoms with Crippen LogP contribution in [0.5, 0.6) is 0 Å². The lowest BCUT2D eigenvalue weighted by Crippen LogP contribution is -1.95. The van der Waals surface area contributed by atoms with E-state index >= 15 is 0 Å². The van der Waals surface area contributed by atoms with E-state index in [0.29, 0.717) is 0 Å². The highest BCUT2D eigenvalue weighted by atomic mass is 14.7. The third-order valence-corrected chi connectivity index (χ3v) is 3.27. The number of benzene rings is 1. The molecule has 1 heterocycles. The van der Waals surface area contributed by atoms with Crippen LogP contribution < -0.4 is 0 Å². The molecule has 1 aromatic carbocycles. The van der Waals surface area contributed by atoms with Gasteiger partial charge in [0.05, 0.1) is 5.52 Å². The fraction of sp³-hybridized carbons (Fsp3) is 0.438. The first-order valence-corrected chi connectivity index (χ1v) is 6.72. The largest absolute Gasteiger partial charge is 0.253 e. The SMILES string of the molecule is CCCCCc1cc(CC)c2ccccc2n1. The van der Waals surface area contributed by atoms with Crippen molar-refractivity contribution in [3.63, 3.8) is 0 Å². The van der Waals surface area contributed by atoms with Crippen LogP contribution in [0.3, 0.4) is 0 Å². The number of nitrogens with zero attached hydrogens (tertiary/aromatic N) is 1. The summed E-state index contributed by atoms with van der Waals surface area (Å²) < 4.78 is 0. The minimum absolute atomic E-state index is 1.09. The molecule has 0 saturated carbocycles. The molecule has 2 rings (SSSR count). The number of pyridine rings is 1. The Morgan fingerprint density at radius 3 is 2.65 bits per heavy atom. The second kappa shape index (κ2) is 5.81. The van der Waals surface area contributed by atoms with Crippen molar-refractivity contribution in [3.05, 3.63) is 41.6 Å². The van der Waals surface area contributed by atoms with Crippen LogP contribution in [0.25, 0.3) is 10.9 Å². The Morgan fingerprint density at radius 2 is 1.88 bits per heavy atom. The Bertz CT molecular complexity index is 488. The summed E-state index contributed by atoms with van der Waals surface area (Å²) in [6.07, 6.45) is 6.03. The van der Waals surface area contributed by atoms with Crippen molar-refractivity contribution in [2.75, 3.05) is 0 Å². The number of fused-ring (bicyclic) bond motifs is 1. The fourth-order valence-corrected chi connectivity index (χ4v) is 2.29. The van der Waals surface area contributed by atoms with Gasteiger partial charge in [-0.2, -0.15) is 0 Å². The van der Waals surface area contributed by atoms with Crippen molar-refractivity contribution in [1.29, 1.82) is 0 Å². The smallest absolute Gasteiger partial charge is 0.0708 e. The van der Waals surface area contributed by atoms with E-state index < -0.39 is 0 Å². The Labute approximate surface area is 104 Å². The Balaban J connectivity index is 2.32. The van der Waals surface area contributed by atoms with Gasteiger partial charge in [0.2, 0.25) is 0 Å². The van der Waals surface area contributed by atoms with Crippen LogP contribution >= 0.6 is 0 Å². The normalized spacial score (nSPS) is 10.9. The molecule has 0 bridgehead atoms. The second-order valence-corrected chi connectivity index (χ2v) is 4.60. The van der Waals surface area contributed by atoms with Crippen molar-refractivity contribution in [3.8, 4) is 0 Å². The number of rotatable bonds is 5. The van der Waals surface area contributed by atoms with Gasteiger partial charge in [-0.3, -0.25) is 4.98 Å². The minimum Gasteiger partial charge on any atom is -0.253 e. The maximum atomic E-state index is 4.76. The molecule has 0 aliphatic rings. The molecule has 0 atom stereocenters. The zero-order chi connectivity index (χ0) is 12.1. The number of hydrogen-bond acceptors (Lipinski definition) is 1. The summed E-state index contributed by atoms with van der Waals surface area (Å²) >= 11 is 0. The number of hydrogen-bond donors (Lipinski definition) is 0. The van der Waals surface area contributed by atoms with E-state index in [1.54, 1.807) is 0 Å². The summed E-state index contributed by atoms with van der Waals surface area (Å²) in [7, 11) is 0. The van der Waals surface area contributed by atoms with Crippen LogP contribution in [0.2, 0.25) is 0 Å². The molecule has 2 aromatic rings. The quantitative estimate of drug-likeness (QED) is 0.684. The molecule has 17 heavy (non-hydrogen) atoms. The molecular weight excluding hydrogens is 206 g/mol. The Morgan fingerprint density at radius 1 is 1.06 bits per heavy atom. The maximum absolute atomic E-state index is 4.76. The summed E-state index contributed by atoms with van der Waals surface area (Å²) in [4.78, 5) is 4.76. The molecule has 1 aromatic heterocycles. The highest BCUT2D eigenvalue weighted by molar-refractivity contribution is 5.82. The lowest BCUT2D eigenvalue weighted by molar-refractivity contribution is 0.708. The fourth-order valence-electron chi connectivity index (χ4n) is 2.29. The molecule has 0 amide bonds.